The van der Waals surface area contributed by atoms with E-state index in [0.29, 0.717) is 21.6 Å². The fourth-order valence-corrected chi connectivity index (χ4v) is 5.32. The second kappa shape index (κ2) is 6.75. The van der Waals surface area contributed by atoms with Crippen LogP contribution in [0.2, 0.25) is 0 Å². The third-order valence-corrected chi connectivity index (χ3v) is 7.15. The molecule has 0 aliphatic carbocycles. The van der Waals surface area contributed by atoms with Crippen LogP contribution >= 0.6 is 11.3 Å². The summed E-state index contributed by atoms with van der Waals surface area (Å²) < 4.78 is 40.4. The molecule has 0 amide bonds. The van der Waals surface area contributed by atoms with Crippen LogP contribution in [-0.2, 0) is 21.8 Å². The van der Waals surface area contributed by atoms with Gasteiger partial charge in [-0.2, -0.15) is 0 Å². The fraction of sp³-hybridized carbons (Fsp3) is 0.158. The van der Waals surface area contributed by atoms with E-state index in [-0.39, 0.29) is 10.5 Å². The van der Waals surface area contributed by atoms with E-state index in [1.807, 2.05) is 0 Å². The highest BCUT2D eigenvalue weighted by Crippen LogP contribution is 2.30. The van der Waals surface area contributed by atoms with E-state index >= 15 is 0 Å². The number of anilines is 1. The SMILES string of the molecule is COC(=O)c1cc2cc(NS(=O)(=O)c3cc4oc(=O)n(C)c4cc3C)ccc2s1. The number of aryl methyl sites for hydroxylation is 2. The summed E-state index contributed by atoms with van der Waals surface area (Å²) in [5.41, 5.74) is 1.53. The first kappa shape index (κ1) is 19.2. The lowest BCUT2D eigenvalue weighted by Gasteiger charge is -2.10. The Balaban J connectivity index is 1.73. The lowest BCUT2D eigenvalue weighted by atomic mass is 10.2. The number of fused-ring (bicyclic) bond motifs is 2. The normalized spacial score (nSPS) is 11.8. The maximum Gasteiger partial charge on any atom is 0.419 e. The molecule has 0 unspecified atom stereocenters. The molecule has 4 rings (SSSR count). The van der Waals surface area contributed by atoms with Crippen LogP contribution in [0, 0.1) is 6.92 Å². The number of carbonyl (C=O) groups is 1. The van der Waals surface area contributed by atoms with Crippen molar-refractivity contribution in [2.75, 3.05) is 11.8 Å². The molecule has 0 atom stereocenters. The van der Waals surface area contributed by atoms with Crippen molar-refractivity contribution >= 4 is 54.2 Å². The smallest absolute Gasteiger partial charge is 0.419 e. The van der Waals surface area contributed by atoms with E-state index in [9.17, 15) is 18.0 Å². The molecule has 2 aromatic heterocycles. The van der Waals surface area contributed by atoms with Gasteiger partial charge in [0.2, 0.25) is 0 Å². The van der Waals surface area contributed by atoms with Crippen molar-refractivity contribution in [1.29, 1.82) is 0 Å². The van der Waals surface area contributed by atoms with Crippen LogP contribution in [0.1, 0.15) is 15.2 Å². The summed E-state index contributed by atoms with van der Waals surface area (Å²) >= 11 is 1.26. The van der Waals surface area contributed by atoms with Crippen molar-refractivity contribution in [2.45, 2.75) is 11.8 Å². The van der Waals surface area contributed by atoms with Gasteiger partial charge in [-0.3, -0.25) is 9.29 Å². The largest absolute Gasteiger partial charge is 0.465 e. The van der Waals surface area contributed by atoms with E-state index in [0.717, 1.165) is 10.1 Å². The molecule has 0 saturated heterocycles. The minimum absolute atomic E-state index is 0.0139. The molecule has 0 radical (unpaired) electrons. The number of nitrogens with one attached hydrogen (secondary N) is 1. The Labute approximate surface area is 169 Å². The van der Waals surface area contributed by atoms with Crippen LogP contribution < -0.4 is 10.5 Å². The zero-order valence-electron chi connectivity index (χ0n) is 15.7. The van der Waals surface area contributed by atoms with E-state index < -0.39 is 21.7 Å². The van der Waals surface area contributed by atoms with Crippen LogP contribution in [0.3, 0.4) is 0 Å². The summed E-state index contributed by atoms with van der Waals surface area (Å²) in [5.74, 6) is -1.01. The van der Waals surface area contributed by atoms with E-state index in [1.165, 1.54) is 29.1 Å². The summed E-state index contributed by atoms with van der Waals surface area (Å²) in [4.78, 5) is 23.8. The third kappa shape index (κ3) is 3.30. The molecule has 29 heavy (non-hydrogen) atoms. The molecule has 0 fully saturated rings. The number of aromatic nitrogens is 1. The van der Waals surface area contributed by atoms with Gasteiger partial charge in [0.25, 0.3) is 10.0 Å². The highest BCUT2D eigenvalue weighted by atomic mass is 32.2. The Morgan fingerprint density at radius 1 is 1.21 bits per heavy atom. The van der Waals surface area contributed by atoms with Gasteiger partial charge >= 0.3 is 11.7 Å². The molecule has 1 N–H and O–H groups in total. The van der Waals surface area contributed by atoms with Crippen molar-refractivity contribution in [3.8, 4) is 0 Å². The first-order valence-corrected chi connectivity index (χ1v) is 10.7. The molecule has 150 valence electrons. The molecular formula is C19H16N2O6S2. The predicted molar refractivity (Wildman–Crippen MR) is 110 cm³/mol. The molecule has 10 heteroatoms. The molecular weight excluding hydrogens is 416 g/mol. The predicted octanol–water partition coefficient (Wildman–Crippen LogP) is 3.24. The zero-order valence-corrected chi connectivity index (χ0v) is 17.3. The number of thiophene rings is 1. The Morgan fingerprint density at radius 3 is 2.69 bits per heavy atom. The number of hydrogen-bond donors (Lipinski definition) is 1. The van der Waals surface area contributed by atoms with Crippen molar-refractivity contribution in [3.63, 3.8) is 0 Å². The number of sulfonamides is 1. The van der Waals surface area contributed by atoms with Gasteiger partial charge in [-0.05, 0) is 48.2 Å². The highest BCUT2D eigenvalue weighted by molar-refractivity contribution is 7.92. The summed E-state index contributed by atoms with van der Waals surface area (Å²) in [6.45, 7) is 1.65. The number of ether oxygens (including phenoxy) is 1. The molecule has 4 aromatic rings. The van der Waals surface area contributed by atoms with Crippen LogP contribution in [-0.4, -0.2) is 26.1 Å². The second-order valence-corrected chi connectivity index (χ2v) is 9.21. The second-order valence-electron chi connectivity index (χ2n) is 6.47. The van der Waals surface area contributed by atoms with Crippen LogP contribution in [0.5, 0.6) is 0 Å². The molecule has 8 nitrogen and oxygen atoms in total. The van der Waals surface area contributed by atoms with Gasteiger partial charge in [0.1, 0.15) is 4.88 Å². The van der Waals surface area contributed by atoms with Crippen molar-refractivity contribution in [3.05, 3.63) is 57.4 Å². The maximum atomic E-state index is 12.9. The Bertz CT molecular complexity index is 1440. The summed E-state index contributed by atoms with van der Waals surface area (Å²) in [6, 6.07) is 9.59. The number of hydrogen-bond acceptors (Lipinski definition) is 7. The average molecular weight is 432 g/mol. The Kier molecular flexibility index (Phi) is 4.47. The van der Waals surface area contributed by atoms with Gasteiger partial charge in [0, 0.05) is 23.5 Å². The standard InChI is InChI=1S/C19H16N2O6S2/c1-10-6-13-14(27-19(23)21(13)2)9-17(10)29(24,25)20-12-4-5-15-11(7-12)8-16(28-15)18(22)26-3/h4-9,20H,1-3H3. The van der Waals surface area contributed by atoms with Crippen molar-refractivity contribution in [1.82, 2.24) is 4.57 Å². The van der Waals surface area contributed by atoms with Crippen LogP contribution in [0.15, 0.2) is 50.5 Å². The topological polar surface area (TPSA) is 108 Å². The zero-order chi connectivity index (χ0) is 20.9. The van der Waals surface area contributed by atoms with Gasteiger partial charge in [0.15, 0.2) is 5.58 Å². The minimum Gasteiger partial charge on any atom is -0.465 e. The lowest BCUT2D eigenvalue weighted by Crippen LogP contribution is -2.14. The van der Waals surface area contributed by atoms with Crippen molar-refractivity contribution in [2.24, 2.45) is 7.05 Å². The number of benzene rings is 2. The quantitative estimate of drug-likeness (QED) is 0.496. The van der Waals surface area contributed by atoms with Gasteiger partial charge in [0.05, 0.1) is 17.5 Å². The molecule has 0 spiro atoms. The Hall–Kier alpha value is -3.11. The number of methoxy groups -OCH3 is 1. The number of oxazole rings is 1. The minimum atomic E-state index is -3.93. The summed E-state index contributed by atoms with van der Waals surface area (Å²) in [6.07, 6.45) is 0. The lowest BCUT2D eigenvalue weighted by molar-refractivity contribution is 0.0606. The maximum absolute atomic E-state index is 12.9. The molecule has 0 aliphatic heterocycles. The molecule has 0 saturated carbocycles. The Morgan fingerprint density at radius 2 is 1.97 bits per heavy atom. The molecule has 0 aliphatic rings. The monoisotopic (exact) mass is 432 g/mol. The van der Waals surface area contributed by atoms with E-state index in [1.54, 1.807) is 44.3 Å². The van der Waals surface area contributed by atoms with Crippen molar-refractivity contribution < 1.29 is 22.4 Å². The number of rotatable bonds is 4. The first-order valence-electron chi connectivity index (χ1n) is 8.44. The van der Waals surface area contributed by atoms with Gasteiger partial charge < -0.3 is 9.15 Å². The molecule has 0 bridgehead atoms. The van der Waals surface area contributed by atoms with Crippen LogP contribution in [0.4, 0.5) is 5.69 Å². The van der Waals surface area contributed by atoms with Gasteiger partial charge in [-0.1, -0.05) is 0 Å². The van der Waals surface area contributed by atoms with Gasteiger partial charge in [-0.15, -0.1) is 11.3 Å². The summed E-state index contributed by atoms with van der Waals surface area (Å²) in [5, 5.41) is 0.719. The molecule has 2 aromatic carbocycles. The number of nitrogens with zero attached hydrogens (tertiary/aromatic N) is 1. The van der Waals surface area contributed by atoms with Gasteiger partial charge in [-0.25, -0.2) is 18.0 Å². The first-order chi connectivity index (χ1) is 13.7. The third-order valence-electron chi connectivity index (χ3n) is 4.53. The highest BCUT2D eigenvalue weighted by Gasteiger charge is 2.21. The molecule has 2 heterocycles. The average Bonchev–Trinajstić information content (AvgIpc) is 3.21. The van der Waals surface area contributed by atoms with E-state index in [2.05, 4.69) is 4.72 Å². The fourth-order valence-electron chi connectivity index (χ4n) is 3.07. The number of esters is 1. The van der Waals surface area contributed by atoms with Crippen LogP contribution in [0.25, 0.3) is 21.2 Å². The summed E-state index contributed by atoms with van der Waals surface area (Å²) in [7, 11) is -1.07. The van der Waals surface area contributed by atoms with E-state index in [4.69, 9.17) is 9.15 Å². The number of carbonyl (C=O) groups excluding carboxylic acids is 1.